The molecule has 1 fully saturated rings. The third-order valence-electron chi connectivity index (χ3n) is 6.52. The molecule has 0 saturated carbocycles. The van der Waals surface area contributed by atoms with Crippen LogP contribution in [0.2, 0.25) is 0 Å². The van der Waals surface area contributed by atoms with Gasteiger partial charge in [-0.2, -0.15) is 0 Å². The summed E-state index contributed by atoms with van der Waals surface area (Å²) < 4.78 is 11.8. The van der Waals surface area contributed by atoms with Gasteiger partial charge in [0, 0.05) is 12.7 Å². The van der Waals surface area contributed by atoms with E-state index in [-0.39, 0.29) is 18.4 Å². The van der Waals surface area contributed by atoms with Crippen LogP contribution in [0.15, 0.2) is 55.0 Å². The van der Waals surface area contributed by atoms with Crippen LogP contribution < -0.4 is 19.7 Å². The van der Waals surface area contributed by atoms with Crippen molar-refractivity contribution in [2.24, 2.45) is 5.41 Å². The molecule has 206 valence electrons. The largest absolute Gasteiger partial charge is 0.488 e. The Morgan fingerprint density at radius 2 is 1.92 bits per heavy atom. The molecular weight excluding hydrogens is 498 g/mol. The van der Waals surface area contributed by atoms with Crippen molar-refractivity contribution in [1.82, 2.24) is 15.0 Å². The molecule has 1 atom stereocenters. The maximum Gasteiger partial charge on any atom is 0.309 e. The number of amides is 1. The first-order chi connectivity index (χ1) is 18.7. The summed E-state index contributed by atoms with van der Waals surface area (Å²) >= 11 is 0. The van der Waals surface area contributed by atoms with Crippen molar-refractivity contribution >= 4 is 23.5 Å². The molecule has 1 unspecified atom stereocenters. The molecule has 1 aromatic carbocycles. The fraction of sp³-hybridized carbons (Fsp3) is 0.414. The number of carbonyl (C=O) groups excluding carboxylic acids is 1. The Hall–Kier alpha value is -4.21. The molecule has 3 heterocycles. The van der Waals surface area contributed by atoms with E-state index >= 15 is 0 Å². The first-order valence-corrected chi connectivity index (χ1v) is 13.2. The number of rotatable bonds is 11. The van der Waals surface area contributed by atoms with Crippen LogP contribution in [0.25, 0.3) is 0 Å². The fourth-order valence-electron chi connectivity index (χ4n) is 4.43. The molecule has 1 saturated heterocycles. The summed E-state index contributed by atoms with van der Waals surface area (Å²) in [6.07, 6.45) is 7.19. The number of hydrogen-bond donors (Lipinski definition) is 2. The number of aromatic nitrogens is 3. The van der Waals surface area contributed by atoms with Gasteiger partial charge in [0.15, 0.2) is 11.6 Å². The summed E-state index contributed by atoms with van der Waals surface area (Å²) in [5, 5.41) is 12.2. The van der Waals surface area contributed by atoms with E-state index in [0.717, 1.165) is 30.5 Å². The average Bonchev–Trinajstić information content (AvgIpc) is 2.91. The minimum atomic E-state index is -0.853. The van der Waals surface area contributed by atoms with Crippen molar-refractivity contribution in [3.8, 4) is 11.6 Å². The number of nitrogens with one attached hydrogen (secondary N) is 1. The van der Waals surface area contributed by atoms with Crippen LogP contribution in [-0.2, 0) is 22.4 Å². The van der Waals surface area contributed by atoms with E-state index in [1.807, 2.05) is 43.3 Å². The van der Waals surface area contributed by atoms with Crippen LogP contribution in [0.4, 0.5) is 11.6 Å². The van der Waals surface area contributed by atoms with Gasteiger partial charge < -0.3 is 24.8 Å². The quantitative estimate of drug-likeness (QED) is 0.374. The maximum absolute atomic E-state index is 12.7. The molecule has 0 radical (unpaired) electrons. The molecule has 1 aliphatic heterocycles. The minimum absolute atomic E-state index is 0.0862. The molecule has 4 rings (SSSR count). The lowest BCUT2D eigenvalue weighted by Crippen LogP contribution is -2.41. The zero-order valence-corrected chi connectivity index (χ0v) is 22.6. The second-order valence-corrected chi connectivity index (χ2v) is 10.2. The number of aliphatic carboxylic acids is 1. The third-order valence-corrected chi connectivity index (χ3v) is 6.52. The number of hydrogen-bond acceptors (Lipinski definition) is 8. The Morgan fingerprint density at radius 3 is 2.67 bits per heavy atom. The second-order valence-electron chi connectivity index (χ2n) is 10.2. The Morgan fingerprint density at radius 1 is 1.15 bits per heavy atom. The zero-order chi connectivity index (χ0) is 27.8. The zero-order valence-electron chi connectivity index (χ0n) is 22.6. The Balaban J connectivity index is 1.34. The molecular formula is C29H35N5O5. The maximum atomic E-state index is 12.7. The summed E-state index contributed by atoms with van der Waals surface area (Å²) in [4.78, 5) is 39.4. The van der Waals surface area contributed by atoms with E-state index in [1.165, 1.54) is 6.20 Å². The highest BCUT2D eigenvalue weighted by atomic mass is 16.5. The normalized spacial score (nSPS) is 15.5. The first-order valence-electron chi connectivity index (χ1n) is 13.2. The number of anilines is 2. The van der Waals surface area contributed by atoms with Crippen molar-refractivity contribution in [1.29, 1.82) is 0 Å². The number of ether oxygens (including phenoxy) is 2. The topological polar surface area (TPSA) is 127 Å². The van der Waals surface area contributed by atoms with E-state index in [4.69, 9.17) is 9.47 Å². The first kappa shape index (κ1) is 27.8. The van der Waals surface area contributed by atoms with Gasteiger partial charge in [0.2, 0.25) is 5.91 Å². The van der Waals surface area contributed by atoms with Gasteiger partial charge in [-0.25, -0.2) is 9.97 Å². The number of carboxylic acids is 1. The number of pyridine rings is 1. The lowest BCUT2D eigenvalue weighted by molar-refractivity contribution is -0.146. The Bertz CT molecular complexity index is 1280. The van der Waals surface area contributed by atoms with Gasteiger partial charge >= 0.3 is 5.97 Å². The van der Waals surface area contributed by atoms with Crippen molar-refractivity contribution in [3.63, 3.8) is 0 Å². The van der Waals surface area contributed by atoms with Gasteiger partial charge in [0.25, 0.3) is 5.88 Å². The summed E-state index contributed by atoms with van der Waals surface area (Å²) in [5.74, 6) is 1.10. The Kier molecular flexibility index (Phi) is 8.96. The van der Waals surface area contributed by atoms with Crippen LogP contribution in [0.3, 0.4) is 0 Å². The molecule has 0 spiro atoms. The lowest BCUT2D eigenvalue weighted by Gasteiger charge is -2.33. The van der Waals surface area contributed by atoms with Crippen LogP contribution in [-0.4, -0.2) is 57.7 Å². The van der Waals surface area contributed by atoms with E-state index in [9.17, 15) is 14.7 Å². The second kappa shape index (κ2) is 12.6. The predicted molar refractivity (Wildman–Crippen MR) is 147 cm³/mol. The van der Waals surface area contributed by atoms with Gasteiger partial charge in [0.05, 0.1) is 37.4 Å². The SMILES string of the molecule is CCOc1cccnc1OC1CCCN(c2cncc(NC(=O)Cc3ccc(CC(C)(C)C(=O)O)cc3)n2)C1. The van der Waals surface area contributed by atoms with Crippen LogP contribution >= 0.6 is 0 Å². The molecule has 0 bridgehead atoms. The highest BCUT2D eigenvalue weighted by Gasteiger charge is 2.27. The van der Waals surface area contributed by atoms with Crippen LogP contribution in [0.5, 0.6) is 11.6 Å². The van der Waals surface area contributed by atoms with Gasteiger partial charge in [-0.15, -0.1) is 0 Å². The average molecular weight is 534 g/mol. The van der Waals surface area contributed by atoms with E-state index in [0.29, 0.717) is 42.8 Å². The summed E-state index contributed by atoms with van der Waals surface area (Å²) in [7, 11) is 0. The molecule has 2 N–H and O–H groups in total. The summed E-state index contributed by atoms with van der Waals surface area (Å²) in [6, 6.07) is 11.1. The number of benzene rings is 1. The van der Waals surface area contributed by atoms with Crippen LogP contribution in [0.1, 0.15) is 44.7 Å². The van der Waals surface area contributed by atoms with Crippen molar-refractivity contribution in [3.05, 3.63) is 66.1 Å². The molecule has 3 aromatic rings. The number of carbonyl (C=O) groups is 2. The van der Waals surface area contributed by atoms with Gasteiger partial charge in [0.1, 0.15) is 11.9 Å². The van der Waals surface area contributed by atoms with E-state index in [1.54, 1.807) is 26.2 Å². The molecule has 10 heteroatoms. The fourth-order valence-corrected chi connectivity index (χ4v) is 4.43. The summed E-state index contributed by atoms with van der Waals surface area (Å²) in [6.45, 7) is 7.26. The third kappa shape index (κ3) is 7.66. The highest BCUT2D eigenvalue weighted by molar-refractivity contribution is 5.91. The molecule has 1 aliphatic rings. The van der Waals surface area contributed by atoms with Crippen molar-refractivity contribution < 1.29 is 24.2 Å². The molecule has 10 nitrogen and oxygen atoms in total. The predicted octanol–water partition coefficient (Wildman–Crippen LogP) is 4.15. The highest BCUT2D eigenvalue weighted by Crippen LogP contribution is 2.28. The van der Waals surface area contributed by atoms with E-state index < -0.39 is 11.4 Å². The standard InChI is InChI=1S/C29H35N5O5/c1-4-38-23-8-5-13-31-27(23)39-22-7-6-14-34(19-22)25-18-30-17-24(32-25)33-26(35)15-20-9-11-21(12-10-20)16-29(2,3)28(36)37/h5,8-13,17-18,22H,4,6-7,14-16,19H2,1-3H3,(H,36,37)(H,32,33,35). The van der Waals surface area contributed by atoms with Crippen LogP contribution in [0, 0.1) is 5.41 Å². The molecule has 0 aliphatic carbocycles. The van der Waals surface area contributed by atoms with Gasteiger partial charge in [-0.1, -0.05) is 24.3 Å². The van der Waals surface area contributed by atoms with Gasteiger partial charge in [-0.05, 0) is 63.3 Å². The summed E-state index contributed by atoms with van der Waals surface area (Å²) in [5.41, 5.74) is 0.880. The number of carboxylic acid groups (broad SMARTS) is 1. The minimum Gasteiger partial charge on any atom is -0.488 e. The smallest absolute Gasteiger partial charge is 0.309 e. The number of piperidine rings is 1. The molecule has 2 aromatic heterocycles. The van der Waals surface area contributed by atoms with Gasteiger partial charge in [-0.3, -0.25) is 14.6 Å². The monoisotopic (exact) mass is 533 g/mol. The molecule has 39 heavy (non-hydrogen) atoms. The van der Waals surface area contributed by atoms with E-state index in [2.05, 4.69) is 25.2 Å². The van der Waals surface area contributed by atoms with Crippen molar-refractivity contribution in [2.75, 3.05) is 29.9 Å². The molecule has 1 amide bonds. The van der Waals surface area contributed by atoms with Crippen molar-refractivity contribution in [2.45, 2.75) is 52.6 Å². The number of nitrogens with zero attached hydrogens (tertiary/aromatic N) is 4. The Labute approximate surface area is 228 Å². The lowest BCUT2D eigenvalue weighted by atomic mass is 9.86.